The summed E-state index contributed by atoms with van der Waals surface area (Å²) in [7, 11) is -6.00. The fourth-order valence-corrected chi connectivity index (χ4v) is 3.21. The lowest BCUT2D eigenvalue weighted by atomic mass is 10.1. The molecule has 0 fully saturated rings. The van der Waals surface area contributed by atoms with Crippen LogP contribution in [0.15, 0.2) is 89.3 Å². The van der Waals surface area contributed by atoms with Crippen molar-refractivity contribution in [2.45, 2.75) is 6.42 Å². The number of halogens is 5. The summed E-state index contributed by atoms with van der Waals surface area (Å²) >= 11 is 6.21. The Morgan fingerprint density at radius 2 is 1.42 bits per heavy atom. The molecule has 3 aromatic carbocycles. The highest BCUT2D eigenvalue weighted by molar-refractivity contribution is 6.50. The van der Waals surface area contributed by atoms with Crippen molar-refractivity contribution in [3.8, 4) is 11.3 Å². The first kappa shape index (κ1) is 22.6. The van der Waals surface area contributed by atoms with Gasteiger partial charge in [0.05, 0.1) is 11.5 Å². The smallest absolute Gasteiger partial charge is 0.456 e. The van der Waals surface area contributed by atoms with Crippen molar-refractivity contribution in [1.82, 2.24) is 0 Å². The molecule has 0 saturated heterocycles. The standard InChI is InChI=1S/C23H18ClNO.BF4/c24-19-11-12-22-20(15-19)21(25-14-13-17-7-3-1-4-8-17)16-23(26-22)18-9-5-2-6-10-18;2-1(3,4)5/h1-12,15-16H,13-14H2;/q;-1/p+1. The van der Waals surface area contributed by atoms with Gasteiger partial charge in [-0.1, -0.05) is 72.3 Å². The van der Waals surface area contributed by atoms with Gasteiger partial charge in [0, 0.05) is 17.0 Å². The molecule has 0 spiro atoms. The Bertz CT molecular complexity index is 1190. The second kappa shape index (κ2) is 10.3. The molecule has 31 heavy (non-hydrogen) atoms. The van der Waals surface area contributed by atoms with E-state index in [4.69, 9.17) is 16.0 Å². The zero-order valence-corrected chi connectivity index (χ0v) is 17.1. The Morgan fingerprint density at radius 3 is 2.06 bits per heavy atom. The van der Waals surface area contributed by atoms with E-state index in [2.05, 4.69) is 35.3 Å². The number of hydrogen-bond acceptors (Lipinski definition) is 1. The molecule has 0 amide bonds. The van der Waals surface area contributed by atoms with Crippen molar-refractivity contribution < 1.29 is 26.7 Å². The summed E-state index contributed by atoms with van der Waals surface area (Å²) in [5.74, 6) is 0.836. The molecule has 4 aromatic rings. The zero-order valence-electron chi connectivity index (χ0n) is 16.4. The topological polar surface area (TPSA) is 27.1 Å². The van der Waals surface area contributed by atoms with Crippen LogP contribution in [0.4, 0.5) is 17.3 Å². The first-order valence-corrected chi connectivity index (χ1v) is 9.94. The Morgan fingerprint density at radius 1 is 0.806 bits per heavy atom. The second-order valence-electron chi connectivity index (χ2n) is 6.69. The van der Waals surface area contributed by atoms with Crippen LogP contribution in [0.2, 0.25) is 5.02 Å². The number of benzene rings is 3. The summed E-state index contributed by atoms with van der Waals surface area (Å²) in [6.45, 7) is 0.837. The van der Waals surface area contributed by atoms with Gasteiger partial charge in [-0.3, -0.25) is 0 Å². The van der Waals surface area contributed by atoms with Crippen LogP contribution in [0.1, 0.15) is 5.56 Å². The van der Waals surface area contributed by atoms with Crippen molar-refractivity contribution in [2.24, 2.45) is 0 Å². The van der Waals surface area contributed by atoms with E-state index in [-0.39, 0.29) is 0 Å². The van der Waals surface area contributed by atoms with Crippen molar-refractivity contribution in [2.75, 3.05) is 6.54 Å². The number of hydrogen-bond donors (Lipinski definition) is 1. The third kappa shape index (κ3) is 7.29. The third-order valence-corrected chi connectivity index (χ3v) is 4.59. The molecule has 1 N–H and O–H groups in total. The molecule has 0 unspecified atom stereocenters. The average Bonchev–Trinajstić information content (AvgIpc) is 2.74. The van der Waals surface area contributed by atoms with Crippen LogP contribution in [-0.2, 0) is 6.42 Å². The molecule has 2 nitrogen and oxygen atoms in total. The molecule has 1 heterocycles. The van der Waals surface area contributed by atoms with Gasteiger partial charge < -0.3 is 21.7 Å². The largest absolute Gasteiger partial charge is 0.673 e. The van der Waals surface area contributed by atoms with E-state index in [1.54, 1.807) is 0 Å². The summed E-state index contributed by atoms with van der Waals surface area (Å²) < 4.78 is 45.1. The van der Waals surface area contributed by atoms with Crippen molar-refractivity contribution >= 4 is 29.8 Å². The normalized spacial score (nSPS) is 11.8. The minimum absolute atomic E-state index is 0.700. The molecule has 0 aliphatic heterocycles. The molecule has 0 radical (unpaired) electrons. The van der Waals surface area contributed by atoms with Crippen LogP contribution >= 0.6 is 11.6 Å². The molecular weight excluding hydrogens is 429 g/mol. The highest BCUT2D eigenvalue weighted by atomic mass is 35.5. The lowest BCUT2D eigenvalue weighted by Gasteiger charge is -2.03. The summed E-state index contributed by atoms with van der Waals surface area (Å²) in [6, 6.07) is 28.4. The lowest BCUT2D eigenvalue weighted by molar-refractivity contribution is -0.498. The van der Waals surface area contributed by atoms with E-state index in [1.807, 2.05) is 54.6 Å². The second-order valence-corrected chi connectivity index (χ2v) is 7.12. The van der Waals surface area contributed by atoms with E-state index >= 15 is 0 Å². The fourth-order valence-electron chi connectivity index (χ4n) is 3.04. The fraction of sp³-hybridized carbons (Fsp3) is 0.0870. The van der Waals surface area contributed by atoms with E-state index in [0.29, 0.717) is 5.02 Å². The SMILES string of the molecule is Clc1ccc2oc(-c3ccccc3)cc(=[NH+]CCc3ccccc3)c2c1.F[B-](F)(F)F. The van der Waals surface area contributed by atoms with Crippen LogP contribution in [0.25, 0.3) is 22.3 Å². The summed E-state index contributed by atoms with van der Waals surface area (Å²) in [4.78, 5) is 3.55. The lowest BCUT2D eigenvalue weighted by Crippen LogP contribution is -2.77. The molecule has 1 aromatic heterocycles. The van der Waals surface area contributed by atoms with Crippen LogP contribution < -0.4 is 10.3 Å². The van der Waals surface area contributed by atoms with E-state index in [1.165, 1.54) is 5.56 Å². The third-order valence-electron chi connectivity index (χ3n) is 4.36. The van der Waals surface area contributed by atoms with Crippen LogP contribution in [0, 0.1) is 0 Å². The molecule has 8 heteroatoms. The van der Waals surface area contributed by atoms with Gasteiger partial charge in [-0.05, 0) is 23.8 Å². The van der Waals surface area contributed by atoms with Gasteiger partial charge in [0.2, 0.25) is 5.36 Å². The minimum atomic E-state index is -6.00. The van der Waals surface area contributed by atoms with Crippen molar-refractivity contribution in [3.05, 3.63) is 101 Å². The highest BCUT2D eigenvalue weighted by Gasteiger charge is 2.20. The Labute approximate surface area is 181 Å². The van der Waals surface area contributed by atoms with Gasteiger partial charge >= 0.3 is 7.25 Å². The maximum Gasteiger partial charge on any atom is 0.673 e. The monoisotopic (exact) mass is 447 g/mol. The van der Waals surface area contributed by atoms with Crippen molar-refractivity contribution in [3.63, 3.8) is 0 Å². The van der Waals surface area contributed by atoms with Gasteiger partial charge in [0.25, 0.3) is 0 Å². The van der Waals surface area contributed by atoms with Gasteiger partial charge in [-0.2, -0.15) is 0 Å². The van der Waals surface area contributed by atoms with Gasteiger partial charge in [0.1, 0.15) is 17.9 Å². The predicted octanol–water partition coefficient (Wildman–Crippen LogP) is 5.28. The molecule has 0 bridgehead atoms. The Hall–Kier alpha value is -3.06. The summed E-state index contributed by atoms with van der Waals surface area (Å²) in [5.41, 5.74) is 3.18. The number of rotatable bonds is 4. The van der Waals surface area contributed by atoms with Gasteiger partial charge in [0.15, 0.2) is 0 Å². The Kier molecular flexibility index (Phi) is 7.52. The summed E-state index contributed by atoms with van der Waals surface area (Å²) in [5, 5.41) is 2.72. The average molecular weight is 448 g/mol. The van der Waals surface area contributed by atoms with Crippen molar-refractivity contribution in [1.29, 1.82) is 0 Å². The van der Waals surface area contributed by atoms with E-state index in [0.717, 1.165) is 40.6 Å². The molecule has 0 aliphatic carbocycles. The molecule has 0 saturated carbocycles. The minimum Gasteiger partial charge on any atom is -0.456 e. The van der Waals surface area contributed by atoms with Gasteiger partial charge in [-0.25, -0.2) is 4.99 Å². The van der Waals surface area contributed by atoms with Crippen LogP contribution in [0.3, 0.4) is 0 Å². The maximum atomic E-state index is 9.75. The molecular formula is C23H19BClF4NO. The molecule has 4 rings (SSSR count). The Balaban J connectivity index is 0.000000491. The van der Waals surface area contributed by atoms with Gasteiger partial charge in [-0.15, -0.1) is 0 Å². The first-order chi connectivity index (χ1) is 14.8. The number of fused-ring (bicyclic) bond motifs is 1. The first-order valence-electron chi connectivity index (χ1n) is 9.56. The summed E-state index contributed by atoms with van der Waals surface area (Å²) in [6.07, 6.45) is 0.954. The molecule has 0 atom stereocenters. The van der Waals surface area contributed by atoms with E-state index < -0.39 is 7.25 Å². The predicted molar refractivity (Wildman–Crippen MR) is 116 cm³/mol. The van der Waals surface area contributed by atoms with Crippen LogP contribution in [0.5, 0.6) is 0 Å². The number of nitrogens with one attached hydrogen (secondary N) is 1. The quantitative estimate of drug-likeness (QED) is 0.335. The maximum absolute atomic E-state index is 9.75. The van der Waals surface area contributed by atoms with Crippen LogP contribution in [-0.4, -0.2) is 13.8 Å². The highest BCUT2D eigenvalue weighted by Crippen LogP contribution is 2.23. The zero-order chi connectivity index (χ0) is 22.3. The molecule has 0 aliphatic rings. The van der Waals surface area contributed by atoms with E-state index in [9.17, 15) is 17.3 Å². The molecule has 160 valence electrons.